The van der Waals surface area contributed by atoms with Crippen molar-refractivity contribution >= 4 is 23.3 Å². The minimum atomic E-state index is -0.591. The van der Waals surface area contributed by atoms with Crippen LogP contribution in [0.2, 0.25) is 5.02 Å². The summed E-state index contributed by atoms with van der Waals surface area (Å²) in [6.07, 6.45) is 2.36. The number of rotatable bonds is 10. The van der Waals surface area contributed by atoms with Crippen LogP contribution in [0.25, 0.3) is 11.1 Å². The van der Waals surface area contributed by atoms with E-state index in [0.29, 0.717) is 0 Å². The number of carbonyl (C=O) groups is 1. The topological polar surface area (TPSA) is 32.8 Å². The maximum absolute atomic E-state index is 13.3. The minimum Gasteiger partial charge on any atom is -0.462 e. The van der Waals surface area contributed by atoms with E-state index in [2.05, 4.69) is 59.2 Å². The van der Waals surface area contributed by atoms with Crippen LogP contribution in [0.3, 0.4) is 0 Å². The number of nitrogens with zero attached hydrogens (tertiary/aromatic N) is 2. The molecule has 0 N–H and O–H groups in total. The number of esters is 1. The van der Waals surface area contributed by atoms with Crippen LogP contribution in [-0.4, -0.2) is 49.7 Å². The van der Waals surface area contributed by atoms with E-state index in [1.165, 1.54) is 5.69 Å². The molecule has 1 saturated heterocycles. The molecular weight excluding hydrogens is 480 g/mol. The number of carbonyl (C=O) groups excluding carboxylic acids is 1. The van der Waals surface area contributed by atoms with E-state index in [9.17, 15) is 4.79 Å². The lowest BCUT2D eigenvalue weighted by molar-refractivity contribution is -0.155. The maximum Gasteiger partial charge on any atom is 0.316 e. The van der Waals surface area contributed by atoms with E-state index in [1.54, 1.807) is 0 Å². The van der Waals surface area contributed by atoms with Crippen molar-refractivity contribution in [3.63, 3.8) is 0 Å². The fourth-order valence-corrected chi connectivity index (χ4v) is 5.62. The summed E-state index contributed by atoms with van der Waals surface area (Å²) in [4.78, 5) is 18.3. The van der Waals surface area contributed by atoms with Crippen LogP contribution in [0.15, 0.2) is 78.9 Å². The molecule has 4 nitrogen and oxygen atoms in total. The highest BCUT2D eigenvalue weighted by Crippen LogP contribution is 2.35. The fraction of sp³-hybridized carbons (Fsp3) is 0.406. The Balaban J connectivity index is 1.36. The summed E-state index contributed by atoms with van der Waals surface area (Å²) in [5.41, 5.74) is 3.93. The van der Waals surface area contributed by atoms with Crippen LogP contribution >= 0.6 is 11.6 Å². The number of piperazine rings is 1. The van der Waals surface area contributed by atoms with Crippen molar-refractivity contribution in [3.05, 3.63) is 89.4 Å². The highest BCUT2D eigenvalue weighted by atomic mass is 35.5. The van der Waals surface area contributed by atoms with Gasteiger partial charge in [0.15, 0.2) is 0 Å². The second-order valence-corrected chi connectivity index (χ2v) is 10.6. The predicted octanol–water partition coefficient (Wildman–Crippen LogP) is 7.21. The third kappa shape index (κ3) is 6.55. The first-order valence-corrected chi connectivity index (χ1v) is 13.9. The van der Waals surface area contributed by atoms with Gasteiger partial charge in [0.25, 0.3) is 0 Å². The third-order valence-corrected chi connectivity index (χ3v) is 7.84. The standard InChI is InChI=1S/C32H39ClN2O2/c1-4-32(31(36)37-25(2)3,27-13-6-5-7-14-27)18-11-19-34-20-22-35(23-21-34)28-15-10-12-26(24-28)29-16-8-9-17-30(29)33/h5-10,12-17,24-25H,4,11,18-23H2,1-3H3. The van der Waals surface area contributed by atoms with Crippen molar-refractivity contribution in [2.24, 2.45) is 0 Å². The first kappa shape index (κ1) is 27.2. The molecule has 0 bridgehead atoms. The molecule has 37 heavy (non-hydrogen) atoms. The van der Waals surface area contributed by atoms with Gasteiger partial charge in [0, 0.05) is 42.5 Å². The molecule has 0 aromatic heterocycles. The van der Waals surface area contributed by atoms with E-state index in [1.807, 2.05) is 50.2 Å². The Morgan fingerprint density at radius 2 is 1.65 bits per heavy atom. The van der Waals surface area contributed by atoms with Crippen molar-refractivity contribution in [3.8, 4) is 11.1 Å². The summed E-state index contributed by atoms with van der Waals surface area (Å²) in [6, 6.07) is 26.8. The van der Waals surface area contributed by atoms with Crippen molar-refractivity contribution in [1.82, 2.24) is 4.90 Å². The van der Waals surface area contributed by atoms with E-state index < -0.39 is 5.41 Å². The maximum atomic E-state index is 13.3. The monoisotopic (exact) mass is 518 g/mol. The summed E-state index contributed by atoms with van der Waals surface area (Å²) in [6.45, 7) is 10.9. The molecule has 1 aliphatic heterocycles. The first-order valence-electron chi connectivity index (χ1n) is 13.5. The molecule has 5 heteroatoms. The lowest BCUT2D eigenvalue weighted by Gasteiger charge is -2.37. The summed E-state index contributed by atoms with van der Waals surface area (Å²) < 4.78 is 5.75. The molecule has 3 aromatic carbocycles. The van der Waals surface area contributed by atoms with Crippen LogP contribution in [-0.2, 0) is 14.9 Å². The lowest BCUT2D eigenvalue weighted by Crippen LogP contribution is -2.47. The molecule has 0 radical (unpaired) electrons. The van der Waals surface area contributed by atoms with E-state index >= 15 is 0 Å². The third-order valence-electron chi connectivity index (χ3n) is 7.51. The zero-order chi connectivity index (χ0) is 26.3. The van der Waals surface area contributed by atoms with Gasteiger partial charge in [-0.25, -0.2) is 0 Å². The summed E-state index contributed by atoms with van der Waals surface area (Å²) in [5.74, 6) is -0.0978. The van der Waals surface area contributed by atoms with Gasteiger partial charge in [0.05, 0.1) is 11.5 Å². The number of hydrogen-bond donors (Lipinski definition) is 0. The number of halogens is 1. The minimum absolute atomic E-state index is 0.0978. The van der Waals surface area contributed by atoms with Gasteiger partial charge in [-0.3, -0.25) is 9.69 Å². The SMILES string of the molecule is CCC(CCCN1CCN(c2cccc(-c3ccccc3Cl)c2)CC1)(C(=O)OC(C)C)c1ccccc1. The lowest BCUT2D eigenvalue weighted by atomic mass is 9.74. The molecule has 1 heterocycles. The van der Waals surface area contributed by atoms with Crippen molar-refractivity contribution in [2.75, 3.05) is 37.6 Å². The van der Waals surface area contributed by atoms with Crippen LogP contribution in [0, 0.1) is 0 Å². The Kier molecular flexibility index (Phi) is 9.28. The van der Waals surface area contributed by atoms with Crippen molar-refractivity contribution in [1.29, 1.82) is 0 Å². The molecule has 1 unspecified atom stereocenters. The van der Waals surface area contributed by atoms with Crippen LogP contribution in [0.1, 0.15) is 45.6 Å². The highest BCUT2D eigenvalue weighted by Gasteiger charge is 2.40. The zero-order valence-corrected chi connectivity index (χ0v) is 23.1. The normalized spacial score (nSPS) is 16.0. The number of benzene rings is 3. The average molecular weight is 519 g/mol. The predicted molar refractivity (Wildman–Crippen MR) is 154 cm³/mol. The Morgan fingerprint density at radius 1 is 0.946 bits per heavy atom. The molecule has 0 amide bonds. The molecule has 1 aliphatic rings. The highest BCUT2D eigenvalue weighted by molar-refractivity contribution is 6.33. The summed E-state index contributed by atoms with van der Waals surface area (Å²) in [7, 11) is 0. The molecule has 1 atom stereocenters. The van der Waals surface area contributed by atoms with Crippen molar-refractivity contribution < 1.29 is 9.53 Å². The van der Waals surface area contributed by atoms with Gasteiger partial charge < -0.3 is 9.64 Å². The largest absolute Gasteiger partial charge is 0.462 e. The van der Waals surface area contributed by atoms with Gasteiger partial charge in [0.1, 0.15) is 0 Å². The quantitative estimate of drug-likeness (QED) is 0.265. The summed E-state index contributed by atoms with van der Waals surface area (Å²) in [5, 5.41) is 0.778. The van der Waals surface area contributed by atoms with Gasteiger partial charge in [-0.15, -0.1) is 0 Å². The Hall–Kier alpha value is -2.82. The molecule has 3 aromatic rings. The Labute approximate surface area is 227 Å². The van der Waals surface area contributed by atoms with E-state index in [-0.39, 0.29) is 12.1 Å². The molecule has 4 rings (SSSR count). The second-order valence-electron chi connectivity index (χ2n) is 10.2. The number of ether oxygens (including phenoxy) is 1. The Bertz CT molecular complexity index is 1160. The smallest absolute Gasteiger partial charge is 0.316 e. The van der Waals surface area contributed by atoms with Crippen molar-refractivity contribution in [2.45, 2.75) is 51.6 Å². The number of anilines is 1. The van der Waals surface area contributed by atoms with E-state index in [0.717, 1.165) is 73.7 Å². The van der Waals surface area contributed by atoms with Crippen LogP contribution < -0.4 is 4.90 Å². The zero-order valence-electron chi connectivity index (χ0n) is 22.3. The first-order chi connectivity index (χ1) is 17.9. The number of hydrogen-bond acceptors (Lipinski definition) is 4. The summed E-state index contributed by atoms with van der Waals surface area (Å²) >= 11 is 6.44. The van der Waals surface area contributed by atoms with Gasteiger partial charge in [0.2, 0.25) is 0 Å². The molecule has 196 valence electrons. The van der Waals surface area contributed by atoms with Gasteiger partial charge in [-0.05, 0) is 69.0 Å². The average Bonchev–Trinajstić information content (AvgIpc) is 2.92. The van der Waals surface area contributed by atoms with Gasteiger partial charge >= 0.3 is 5.97 Å². The Morgan fingerprint density at radius 3 is 2.32 bits per heavy atom. The fourth-order valence-electron chi connectivity index (χ4n) is 5.37. The molecule has 0 aliphatic carbocycles. The molecule has 0 spiro atoms. The van der Waals surface area contributed by atoms with Crippen LogP contribution in [0.4, 0.5) is 5.69 Å². The molecular formula is C32H39ClN2O2. The molecule has 0 saturated carbocycles. The second kappa shape index (κ2) is 12.6. The van der Waals surface area contributed by atoms with Crippen LogP contribution in [0.5, 0.6) is 0 Å². The van der Waals surface area contributed by atoms with Gasteiger partial charge in [-0.2, -0.15) is 0 Å². The molecule has 1 fully saturated rings. The van der Waals surface area contributed by atoms with Gasteiger partial charge in [-0.1, -0.05) is 79.2 Å². The van der Waals surface area contributed by atoms with E-state index in [4.69, 9.17) is 16.3 Å².